The number of fused-ring (bicyclic) bond motifs is 1. The lowest BCUT2D eigenvalue weighted by Gasteiger charge is -2.40. The Bertz CT molecular complexity index is 743. The lowest BCUT2D eigenvalue weighted by molar-refractivity contribution is 0.0617. The van der Waals surface area contributed by atoms with Crippen LogP contribution in [0.1, 0.15) is 42.9 Å². The number of anilines is 1. The van der Waals surface area contributed by atoms with Gasteiger partial charge in [-0.2, -0.15) is 0 Å². The van der Waals surface area contributed by atoms with E-state index in [0.717, 1.165) is 17.0 Å². The molecule has 1 N–H and O–H groups in total. The summed E-state index contributed by atoms with van der Waals surface area (Å²) in [7, 11) is 0. The second-order valence-electron chi connectivity index (χ2n) is 6.51. The van der Waals surface area contributed by atoms with Crippen LogP contribution in [0.2, 0.25) is 0 Å². The summed E-state index contributed by atoms with van der Waals surface area (Å²) in [5, 5.41) is 3.50. The molecule has 0 aromatic heterocycles. The molecule has 26 heavy (non-hydrogen) atoms. The van der Waals surface area contributed by atoms with Gasteiger partial charge in [-0.1, -0.05) is 24.3 Å². The lowest BCUT2D eigenvalue weighted by atomic mass is 10.0. The molecule has 1 aliphatic rings. The molecule has 0 spiro atoms. The predicted molar refractivity (Wildman–Crippen MR) is 103 cm³/mol. The number of nitrogens with zero attached hydrogens (tertiary/aromatic N) is 1. The lowest BCUT2D eigenvalue weighted by Crippen LogP contribution is -2.46. The Kier molecular flexibility index (Phi) is 5.78. The van der Waals surface area contributed by atoms with Crippen molar-refractivity contribution in [3.8, 4) is 5.75 Å². The standard InChI is InChI=1S/C21H26N2O3/c1-4-25-13-14-26-17-11-9-16(10-12-17)20-22-19-8-6-5-7-18(19)21(24)23(20)15(2)3/h5-12,15,20,22H,4,13-14H2,1-3H3. The fraction of sp³-hybridized carbons (Fsp3) is 0.381. The molecule has 3 rings (SSSR count). The maximum atomic E-state index is 13.0. The van der Waals surface area contributed by atoms with Gasteiger partial charge in [0.2, 0.25) is 0 Å². The molecule has 0 radical (unpaired) electrons. The third-order valence-electron chi connectivity index (χ3n) is 4.42. The van der Waals surface area contributed by atoms with Crippen LogP contribution in [0.3, 0.4) is 0 Å². The number of para-hydroxylation sites is 1. The molecule has 0 saturated heterocycles. The van der Waals surface area contributed by atoms with Crippen molar-refractivity contribution in [2.24, 2.45) is 0 Å². The van der Waals surface area contributed by atoms with E-state index >= 15 is 0 Å². The Labute approximate surface area is 154 Å². The van der Waals surface area contributed by atoms with Gasteiger partial charge in [0.25, 0.3) is 5.91 Å². The van der Waals surface area contributed by atoms with E-state index in [-0.39, 0.29) is 18.1 Å². The van der Waals surface area contributed by atoms with Gasteiger partial charge in [0.05, 0.1) is 12.2 Å². The SMILES string of the molecule is CCOCCOc1ccc(C2Nc3ccccc3C(=O)N2C(C)C)cc1. The first-order chi connectivity index (χ1) is 12.6. The molecular formula is C21H26N2O3. The van der Waals surface area contributed by atoms with E-state index in [1.807, 2.05) is 74.2 Å². The van der Waals surface area contributed by atoms with Crippen molar-refractivity contribution in [1.29, 1.82) is 0 Å². The molecule has 138 valence electrons. The van der Waals surface area contributed by atoms with Crippen LogP contribution in [0.4, 0.5) is 5.69 Å². The van der Waals surface area contributed by atoms with Crippen LogP contribution in [0.25, 0.3) is 0 Å². The number of nitrogens with one attached hydrogen (secondary N) is 1. The second-order valence-corrected chi connectivity index (χ2v) is 6.51. The van der Waals surface area contributed by atoms with Crippen molar-refractivity contribution in [3.63, 3.8) is 0 Å². The van der Waals surface area contributed by atoms with Gasteiger partial charge in [-0.15, -0.1) is 0 Å². The highest BCUT2D eigenvalue weighted by Gasteiger charge is 2.34. The van der Waals surface area contributed by atoms with E-state index in [9.17, 15) is 4.79 Å². The van der Waals surface area contributed by atoms with E-state index in [1.165, 1.54) is 0 Å². The summed E-state index contributed by atoms with van der Waals surface area (Å²) in [6.45, 7) is 7.83. The van der Waals surface area contributed by atoms with Crippen LogP contribution in [0.15, 0.2) is 48.5 Å². The largest absolute Gasteiger partial charge is 0.491 e. The van der Waals surface area contributed by atoms with Gasteiger partial charge in [0, 0.05) is 18.3 Å². The van der Waals surface area contributed by atoms with Crippen molar-refractivity contribution in [2.75, 3.05) is 25.1 Å². The van der Waals surface area contributed by atoms with Crippen LogP contribution in [0, 0.1) is 0 Å². The molecule has 1 aliphatic heterocycles. The molecule has 1 unspecified atom stereocenters. The Morgan fingerprint density at radius 3 is 2.50 bits per heavy atom. The zero-order valence-electron chi connectivity index (χ0n) is 15.6. The third-order valence-corrected chi connectivity index (χ3v) is 4.42. The smallest absolute Gasteiger partial charge is 0.258 e. The van der Waals surface area contributed by atoms with Crippen LogP contribution in [-0.4, -0.2) is 36.7 Å². The molecule has 0 saturated carbocycles. The molecule has 1 heterocycles. The fourth-order valence-electron chi connectivity index (χ4n) is 3.15. The summed E-state index contributed by atoms with van der Waals surface area (Å²) in [4.78, 5) is 14.8. The number of hydrogen-bond donors (Lipinski definition) is 1. The van der Waals surface area contributed by atoms with Gasteiger partial charge in [0.15, 0.2) is 0 Å². The van der Waals surface area contributed by atoms with Crippen molar-refractivity contribution in [1.82, 2.24) is 4.90 Å². The van der Waals surface area contributed by atoms with Gasteiger partial charge in [0.1, 0.15) is 18.5 Å². The predicted octanol–water partition coefficient (Wildman–Crippen LogP) is 4.08. The van der Waals surface area contributed by atoms with E-state index in [2.05, 4.69) is 5.32 Å². The second kappa shape index (κ2) is 8.23. The number of rotatable bonds is 7. The first kappa shape index (κ1) is 18.3. The number of carbonyl (C=O) groups is 1. The first-order valence-corrected chi connectivity index (χ1v) is 9.10. The molecule has 0 aliphatic carbocycles. The minimum atomic E-state index is -0.199. The number of hydrogen-bond acceptors (Lipinski definition) is 4. The van der Waals surface area contributed by atoms with Crippen molar-refractivity contribution < 1.29 is 14.3 Å². The number of amides is 1. The maximum absolute atomic E-state index is 13.0. The Morgan fingerprint density at radius 1 is 1.08 bits per heavy atom. The fourth-order valence-corrected chi connectivity index (χ4v) is 3.15. The van der Waals surface area contributed by atoms with Crippen molar-refractivity contribution >= 4 is 11.6 Å². The monoisotopic (exact) mass is 354 g/mol. The third kappa shape index (κ3) is 3.83. The van der Waals surface area contributed by atoms with Crippen LogP contribution >= 0.6 is 0 Å². The molecule has 1 atom stereocenters. The van der Waals surface area contributed by atoms with Crippen molar-refractivity contribution in [3.05, 3.63) is 59.7 Å². The van der Waals surface area contributed by atoms with E-state index < -0.39 is 0 Å². The van der Waals surface area contributed by atoms with E-state index in [4.69, 9.17) is 9.47 Å². The van der Waals surface area contributed by atoms with Crippen LogP contribution in [-0.2, 0) is 4.74 Å². The highest BCUT2D eigenvalue weighted by Crippen LogP contribution is 2.34. The molecule has 5 heteroatoms. The number of ether oxygens (including phenoxy) is 2. The summed E-state index contributed by atoms with van der Waals surface area (Å²) in [5.41, 5.74) is 2.61. The molecular weight excluding hydrogens is 328 g/mol. The van der Waals surface area contributed by atoms with Gasteiger partial charge >= 0.3 is 0 Å². The Morgan fingerprint density at radius 2 is 1.81 bits per heavy atom. The van der Waals surface area contributed by atoms with Gasteiger partial charge in [-0.3, -0.25) is 4.79 Å². The quantitative estimate of drug-likeness (QED) is 0.761. The topological polar surface area (TPSA) is 50.8 Å². The zero-order valence-corrected chi connectivity index (χ0v) is 15.6. The molecule has 0 fully saturated rings. The zero-order chi connectivity index (χ0) is 18.5. The molecule has 0 bridgehead atoms. The first-order valence-electron chi connectivity index (χ1n) is 9.10. The van der Waals surface area contributed by atoms with Crippen molar-refractivity contribution in [2.45, 2.75) is 33.0 Å². The average Bonchev–Trinajstić information content (AvgIpc) is 2.65. The maximum Gasteiger partial charge on any atom is 0.258 e. The number of carbonyl (C=O) groups excluding carboxylic acids is 1. The van der Waals surface area contributed by atoms with Crippen LogP contribution < -0.4 is 10.1 Å². The summed E-state index contributed by atoms with van der Waals surface area (Å²) < 4.78 is 11.0. The van der Waals surface area contributed by atoms with Gasteiger partial charge in [-0.25, -0.2) is 0 Å². The Hall–Kier alpha value is -2.53. The Balaban J connectivity index is 1.79. The minimum absolute atomic E-state index is 0.0522. The molecule has 2 aromatic rings. The molecule has 2 aromatic carbocycles. The van der Waals surface area contributed by atoms with E-state index in [1.54, 1.807) is 0 Å². The summed E-state index contributed by atoms with van der Waals surface area (Å²) in [5.74, 6) is 0.850. The van der Waals surface area contributed by atoms with Crippen LogP contribution in [0.5, 0.6) is 5.75 Å². The normalized spacial score (nSPS) is 16.4. The molecule has 5 nitrogen and oxygen atoms in total. The summed E-state index contributed by atoms with van der Waals surface area (Å²) in [6, 6.07) is 15.6. The molecule has 1 amide bonds. The minimum Gasteiger partial charge on any atom is -0.491 e. The summed E-state index contributed by atoms with van der Waals surface area (Å²) >= 11 is 0. The number of benzene rings is 2. The summed E-state index contributed by atoms with van der Waals surface area (Å²) in [6.07, 6.45) is -0.199. The van der Waals surface area contributed by atoms with Gasteiger partial charge < -0.3 is 19.7 Å². The highest BCUT2D eigenvalue weighted by atomic mass is 16.5. The average molecular weight is 354 g/mol. The van der Waals surface area contributed by atoms with Gasteiger partial charge in [-0.05, 0) is 50.6 Å². The van der Waals surface area contributed by atoms with E-state index in [0.29, 0.717) is 25.4 Å². The highest BCUT2D eigenvalue weighted by molar-refractivity contribution is 6.01.